The van der Waals surface area contributed by atoms with Crippen molar-refractivity contribution in [1.82, 2.24) is 9.97 Å². The number of rotatable bonds is 1. The Morgan fingerprint density at radius 3 is 2.15 bits per heavy atom. The van der Waals surface area contributed by atoms with E-state index in [4.69, 9.17) is 23.2 Å². The molecular formula is C11H5Cl2F5N2. The van der Waals surface area contributed by atoms with Crippen LogP contribution in [0.1, 0.15) is 11.4 Å². The first-order valence-electron chi connectivity index (χ1n) is 5.12. The van der Waals surface area contributed by atoms with Crippen LogP contribution in [0.15, 0.2) is 12.1 Å². The Hall–Kier alpha value is -1.21. The highest BCUT2D eigenvalue weighted by Crippen LogP contribution is 2.43. The number of aromatic nitrogens is 2. The zero-order valence-electron chi connectivity index (χ0n) is 9.69. The van der Waals surface area contributed by atoms with Gasteiger partial charge in [-0.25, -0.2) is 9.97 Å². The standard InChI is InChI=1S/C11H5Cl2F5N2/c1-4-2-5-7(6(12)3-4)19-9(20-8(5)13)10(14,15)11(16,17)18/h2-3H,1H3. The van der Waals surface area contributed by atoms with E-state index in [0.29, 0.717) is 5.56 Å². The van der Waals surface area contributed by atoms with Gasteiger partial charge in [0.05, 0.1) is 10.5 Å². The number of benzene rings is 1. The number of nitrogens with zero attached hydrogens (tertiary/aromatic N) is 2. The lowest BCUT2D eigenvalue weighted by Crippen LogP contribution is -2.35. The van der Waals surface area contributed by atoms with Crippen LogP contribution >= 0.6 is 23.2 Å². The molecule has 2 aromatic rings. The first-order valence-corrected chi connectivity index (χ1v) is 5.88. The average Bonchev–Trinajstić information content (AvgIpc) is 2.28. The highest BCUT2D eigenvalue weighted by Gasteiger charge is 2.61. The molecule has 0 bridgehead atoms. The molecule has 0 spiro atoms. The maximum atomic E-state index is 13.2. The fourth-order valence-electron chi connectivity index (χ4n) is 1.56. The zero-order chi connectivity index (χ0) is 15.3. The van der Waals surface area contributed by atoms with Gasteiger partial charge in [-0.05, 0) is 24.6 Å². The van der Waals surface area contributed by atoms with Crippen molar-refractivity contribution in [2.45, 2.75) is 19.0 Å². The van der Waals surface area contributed by atoms with Gasteiger partial charge in [-0.1, -0.05) is 23.2 Å². The highest BCUT2D eigenvalue weighted by atomic mass is 35.5. The van der Waals surface area contributed by atoms with Crippen LogP contribution in [-0.2, 0) is 5.92 Å². The quantitative estimate of drug-likeness (QED) is 0.549. The number of fused-ring (bicyclic) bond motifs is 1. The van der Waals surface area contributed by atoms with Crippen molar-refractivity contribution >= 4 is 34.1 Å². The van der Waals surface area contributed by atoms with Crippen molar-refractivity contribution in [3.05, 3.63) is 33.7 Å². The second-order valence-corrected chi connectivity index (χ2v) is 4.82. The number of hydrogen-bond donors (Lipinski definition) is 0. The molecular weight excluding hydrogens is 326 g/mol. The van der Waals surface area contributed by atoms with E-state index in [0.717, 1.165) is 0 Å². The van der Waals surface area contributed by atoms with E-state index in [-0.39, 0.29) is 15.9 Å². The van der Waals surface area contributed by atoms with Crippen LogP contribution < -0.4 is 0 Å². The number of halogens is 7. The van der Waals surface area contributed by atoms with E-state index in [1.165, 1.54) is 12.1 Å². The van der Waals surface area contributed by atoms with E-state index in [2.05, 4.69) is 9.97 Å². The summed E-state index contributed by atoms with van der Waals surface area (Å²) in [5.41, 5.74) is 0.388. The van der Waals surface area contributed by atoms with Crippen molar-refractivity contribution in [1.29, 1.82) is 0 Å². The monoisotopic (exact) mass is 330 g/mol. The summed E-state index contributed by atoms with van der Waals surface area (Å²) in [4.78, 5) is 6.26. The lowest BCUT2D eigenvalue weighted by atomic mass is 10.1. The summed E-state index contributed by atoms with van der Waals surface area (Å²) in [5, 5.41) is -0.485. The molecule has 20 heavy (non-hydrogen) atoms. The summed E-state index contributed by atoms with van der Waals surface area (Å²) in [5.74, 6) is -6.94. The van der Waals surface area contributed by atoms with Crippen LogP contribution in [0.4, 0.5) is 22.0 Å². The van der Waals surface area contributed by atoms with Gasteiger partial charge in [-0.2, -0.15) is 22.0 Å². The van der Waals surface area contributed by atoms with Gasteiger partial charge in [0.25, 0.3) is 0 Å². The molecule has 0 saturated heterocycles. The van der Waals surface area contributed by atoms with Crippen LogP contribution in [0.25, 0.3) is 10.9 Å². The Kier molecular flexibility index (Phi) is 3.54. The highest BCUT2D eigenvalue weighted by molar-refractivity contribution is 6.38. The summed E-state index contributed by atoms with van der Waals surface area (Å²) >= 11 is 11.4. The zero-order valence-corrected chi connectivity index (χ0v) is 11.2. The maximum Gasteiger partial charge on any atom is 0.461 e. The minimum absolute atomic E-state index is 0.0801. The summed E-state index contributed by atoms with van der Waals surface area (Å²) < 4.78 is 63.4. The van der Waals surface area contributed by atoms with Gasteiger partial charge in [0.15, 0.2) is 0 Å². The molecule has 0 aliphatic heterocycles. The number of aryl methyl sites for hydroxylation is 1. The molecule has 0 amide bonds. The second kappa shape index (κ2) is 4.66. The Morgan fingerprint density at radius 1 is 1.00 bits per heavy atom. The molecule has 1 aromatic carbocycles. The summed E-state index contributed by atoms with van der Waals surface area (Å²) in [6.45, 7) is 1.65. The second-order valence-electron chi connectivity index (χ2n) is 4.05. The first-order chi connectivity index (χ1) is 9.04. The minimum atomic E-state index is -5.82. The fraction of sp³-hybridized carbons (Fsp3) is 0.273. The number of alkyl halides is 5. The van der Waals surface area contributed by atoms with E-state index < -0.39 is 23.1 Å². The molecule has 2 rings (SSSR count). The molecule has 0 aliphatic rings. The van der Waals surface area contributed by atoms with Gasteiger partial charge in [0.2, 0.25) is 5.82 Å². The minimum Gasteiger partial charge on any atom is -0.225 e. The van der Waals surface area contributed by atoms with Gasteiger partial charge in [-0.15, -0.1) is 0 Å². The molecule has 9 heteroatoms. The van der Waals surface area contributed by atoms with E-state index >= 15 is 0 Å². The Labute approximate surface area is 119 Å². The molecule has 0 saturated carbocycles. The van der Waals surface area contributed by atoms with Gasteiger partial charge in [-0.3, -0.25) is 0 Å². The Morgan fingerprint density at radius 2 is 1.60 bits per heavy atom. The van der Waals surface area contributed by atoms with Gasteiger partial charge in [0.1, 0.15) is 5.15 Å². The molecule has 0 N–H and O–H groups in total. The first kappa shape index (κ1) is 15.2. The van der Waals surface area contributed by atoms with Crippen LogP contribution in [-0.4, -0.2) is 16.1 Å². The normalized spacial score (nSPS) is 13.0. The van der Waals surface area contributed by atoms with Gasteiger partial charge >= 0.3 is 12.1 Å². The van der Waals surface area contributed by atoms with E-state index in [1.807, 2.05) is 0 Å². The van der Waals surface area contributed by atoms with Crippen molar-refractivity contribution in [2.24, 2.45) is 0 Å². The third kappa shape index (κ3) is 2.40. The molecule has 1 heterocycles. The summed E-state index contributed by atoms with van der Waals surface area (Å²) in [6.07, 6.45) is -5.82. The van der Waals surface area contributed by atoms with E-state index in [1.54, 1.807) is 6.92 Å². The van der Waals surface area contributed by atoms with Gasteiger partial charge in [0, 0.05) is 5.39 Å². The molecule has 0 aliphatic carbocycles. The van der Waals surface area contributed by atoms with Crippen LogP contribution in [0.2, 0.25) is 10.2 Å². The summed E-state index contributed by atoms with van der Waals surface area (Å²) in [6, 6.07) is 2.82. The average molecular weight is 331 g/mol. The topological polar surface area (TPSA) is 25.8 Å². The Bertz CT molecular complexity index is 685. The Balaban J connectivity index is 2.77. The fourth-order valence-corrected chi connectivity index (χ4v) is 2.10. The lowest BCUT2D eigenvalue weighted by Gasteiger charge is -2.18. The van der Waals surface area contributed by atoms with Gasteiger partial charge < -0.3 is 0 Å². The number of hydrogen-bond acceptors (Lipinski definition) is 2. The predicted octanol–water partition coefficient (Wildman–Crippen LogP) is 4.90. The molecule has 0 atom stereocenters. The summed E-state index contributed by atoms with van der Waals surface area (Å²) in [7, 11) is 0. The van der Waals surface area contributed by atoms with E-state index in [9.17, 15) is 22.0 Å². The molecule has 0 unspecified atom stereocenters. The van der Waals surface area contributed by atoms with Crippen LogP contribution in [0.5, 0.6) is 0 Å². The third-order valence-corrected chi connectivity index (χ3v) is 3.06. The van der Waals surface area contributed by atoms with Crippen LogP contribution in [0.3, 0.4) is 0 Å². The van der Waals surface area contributed by atoms with Crippen LogP contribution in [0, 0.1) is 6.92 Å². The molecule has 0 fully saturated rings. The molecule has 0 radical (unpaired) electrons. The van der Waals surface area contributed by atoms with Crippen molar-refractivity contribution in [3.8, 4) is 0 Å². The predicted molar refractivity (Wildman–Crippen MR) is 64.2 cm³/mol. The third-order valence-electron chi connectivity index (χ3n) is 2.49. The lowest BCUT2D eigenvalue weighted by molar-refractivity contribution is -0.292. The molecule has 2 nitrogen and oxygen atoms in total. The largest absolute Gasteiger partial charge is 0.461 e. The SMILES string of the molecule is Cc1cc(Cl)c2nc(C(F)(F)C(F)(F)F)nc(Cl)c2c1. The van der Waals surface area contributed by atoms with Crippen molar-refractivity contribution < 1.29 is 22.0 Å². The maximum absolute atomic E-state index is 13.2. The van der Waals surface area contributed by atoms with Crippen molar-refractivity contribution in [2.75, 3.05) is 0 Å². The molecule has 108 valence electrons. The smallest absolute Gasteiger partial charge is 0.225 e. The molecule has 1 aromatic heterocycles. The van der Waals surface area contributed by atoms with Crippen molar-refractivity contribution in [3.63, 3.8) is 0 Å².